The first kappa shape index (κ1) is 18.7. The van der Waals surface area contributed by atoms with Gasteiger partial charge in [-0.1, -0.05) is 22.9 Å². The van der Waals surface area contributed by atoms with Crippen molar-refractivity contribution in [1.29, 1.82) is 0 Å². The highest BCUT2D eigenvalue weighted by Gasteiger charge is 2.68. The van der Waals surface area contributed by atoms with E-state index in [4.69, 9.17) is 4.74 Å². The van der Waals surface area contributed by atoms with Gasteiger partial charge in [-0.15, -0.1) is 0 Å². The van der Waals surface area contributed by atoms with Crippen LogP contribution in [0.15, 0.2) is 22.7 Å². The molecule has 5 heteroatoms. The number of esters is 1. The van der Waals surface area contributed by atoms with E-state index in [2.05, 4.69) is 21.2 Å². The average molecular weight is 410 g/mol. The Morgan fingerprint density at radius 3 is 2.56 bits per heavy atom. The Kier molecular flexibility index (Phi) is 4.09. The van der Waals surface area contributed by atoms with Crippen molar-refractivity contribution in [3.8, 4) is 0 Å². The van der Waals surface area contributed by atoms with E-state index in [1.54, 1.807) is 0 Å². The second-order valence-corrected chi connectivity index (χ2v) is 10.0. The molecule has 0 bridgehead atoms. The number of halogens is 1. The second kappa shape index (κ2) is 5.46. The number of hydrogen-bond acceptors (Lipinski definition) is 4. The van der Waals surface area contributed by atoms with E-state index in [-0.39, 0.29) is 11.9 Å². The number of nitrogens with one attached hydrogen (secondary N) is 1. The van der Waals surface area contributed by atoms with Crippen LogP contribution in [0.2, 0.25) is 0 Å². The van der Waals surface area contributed by atoms with Gasteiger partial charge in [-0.3, -0.25) is 4.79 Å². The average Bonchev–Trinajstić information content (AvgIpc) is 2.73. The number of anilines is 1. The van der Waals surface area contributed by atoms with Crippen LogP contribution in [0.4, 0.5) is 5.69 Å². The molecule has 138 valence electrons. The van der Waals surface area contributed by atoms with E-state index in [1.807, 2.05) is 59.7 Å². The lowest BCUT2D eigenvalue weighted by Crippen LogP contribution is -2.67. The van der Waals surface area contributed by atoms with Crippen LogP contribution in [0.5, 0.6) is 0 Å². The molecule has 0 saturated heterocycles. The number of carbonyl (C=O) groups excluding carboxylic acids is 1. The summed E-state index contributed by atoms with van der Waals surface area (Å²) in [5.74, 6) is -0.610. The van der Waals surface area contributed by atoms with Crippen molar-refractivity contribution in [2.24, 2.45) is 5.92 Å². The Morgan fingerprint density at radius 2 is 1.96 bits per heavy atom. The van der Waals surface area contributed by atoms with E-state index in [9.17, 15) is 9.90 Å². The fourth-order valence-electron chi connectivity index (χ4n) is 4.78. The van der Waals surface area contributed by atoms with Crippen molar-refractivity contribution in [3.63, 3.8) is 0 Å². The summed E-state index contributed by atoms with van der Waals surface area (Å²) < 4.78 is 6.65. The summed E-state index contributed by atoms with van der Waals surface area (Å²) in [6.07, 6.45) is 1.17. The molecule has 3 unspecified atom stereocenters. The lowest BCUT2D eigenvalue weighted by Gasteiger charge is -2.56. The molecule has 2 aliphatic rings. The van der Waals surface area contributed by atoms with Crippen LogP contribution in [-0.4, -0.2) is 27.8 Å². The fraction of sp³-hybridized carbons (Fsp3) is 0.650. The second-order valence-electron chi connectivity index (χ2n) is 9.13. The van der Waals surface area contributed by atoms with Crippen LogP contribution in [0.1, 0.15) is 59.9 Å². The number of ether oxygens (including phenoxy) is 1. The smallest absolute Gasteiger partial charge is 0.310 e. The molecule has 1 aliphatic heterocycles. The number of benzene rings is 1. The van der Waals surface area contributed by atoms with Crippen LogP contribution in [0.3, 0.4) is 0 Å². The van der Waals surface area contributed by atoms with Gasteiger partial charge in [0.25, 0.3) is 0 Å². The molecular formula is C20H28BrNO3. The zero-order valence-electron chi connectivity index (χ0n) is 15.9. The first-order chi connectivity index (χ1) is 11.3. The van der Waals surface area contributed by atoms with Crippen LogP contribution < -0.4 is 5.32 Å². The monoisotopic (exact) mass is 409 g/mol. The van der Waals surface area contributed by atoms with E-state index in [0.29, 0.717) is 12.8 Å². The zero-order chi connectivity index (χ0) is 18.8. The zero-order valence-corrected chi connectivity index (χ0v) is 17.5. The van der Waals surface area contributed by atoms with Crippen molar-refractivity contribution in [2.75, 3.05) is 5.32 Å². The molecular weight excluding hydrogens is 382 g/mol. The number of hydrogen-bond donors (Lipinski definition) is 2. The Labute approximate surface area is 158 Å². The van der Waals surface area contributed by atoms with E-state index >= 15 is 0 Å². The van der Waals surface area contributed by atoms with Crippen LogP contribution >= 0.6 is 15.9 Å². The van der Waals surface area contributed by atoms with Gasteiger partial charge in [0.1, 0.15) is 5.60 Å². The quantitative estimate of drug-likeness (QED) is 0.675. The SMILES string of the molecule is CC(C)(C)OC(=O)C1CCC2(O)C(C)(C)Nc3ccc(Br)cc3C12C. The van der Waals surface area contributed by atoms with Crippen molar-refractivity contribution in [1.82, 2.24) is 0 Å². The Bertz CT molecular complexity index is 724. The van der Waals surface area contributed by atoms with Gasteiger partial charge in [0.15, 0.2) is 0 Å². The van der Waals surface area contributed by atoms with Crippen molar-refractivity contribution in [2.45, 2.75) is 76.5 Å². The van der Waals surface area contributed by atoms with Crippen molar-refractivity contribution < 1.29 is 14.6 Å². The molecule has 0 radical (unpaired) electrons. The molecule has 2 N–H and O–H groups in total. The predicted octanol–water partition coefficient (Wildman–Crippen LogP) is 4.39. The molecule has 0 aromatic heterocycles. The summed E-state index contributed by atoms with van der Waals surface area (Å²) >= 11 is 3.54. The normalized spacial score (nSPS) is 33.2. The van der Waals surface area contributed by atoms with Gasteiger partial charge in [0, 0.05) is 15.6 Å². The number of carbonyl (C=O) groups is 1. The summed E-state index contributed by atoms with van der Waals surface area (Å²) in [5.41, 5.74) is -0.929. The van der Waals surface area contributed by atoms with Gasteiger partial charge in [-0.25, -0.2) is 0 Å². The molecule has 4 nitrogen and oxygen atoms in total. The molecule has 0 amide bonds. The molecule has 1 fully saturated rings. The third-order valence-corrected chi connectivity index (χ3v) is 6.56. The minimum atomic E-state index is -1.05. The van der Waals surface area contributed by atoms with Gasteiger partial charge in [-0.2, -0.15) is 0 Å². The highest BCUT2D eigenvalue weighted by atomic mass is 79.9. The highest BCUT2D eigenvalue weighted by Crippen LogP contribution is 2.61. The minimum absolute atomic E-state index is 0.227. The van der Waals surface area contributed by atoms with Crippen molar-refractivity contribution in [3.05, 3.63) is 28.2 Å². The lowest BCUT2D eigenvalue weighted by atomic mass is 9.57. The molecule has 1 saturated carbocycles. The van der Waals surface area contributed by atoms with Gasteiger partial charge in [-0.05, 0) is 71.2 Å². The summed E-state index contributed by atoms with van der Waals surface area (Å²) in [6.45, 7) is 11.7. The van der Waals surface area contributed by atoms with Gasteiger partial charge < -0.3 is 15.2 Å². The van der Waals surface area contributed by atoms with Crippen LogP contribution in [-0.2, 0) is 14.9 Å². The maximum atomic E-state index is 13.0. The first-order valence-electron chi connectivity index (χ1n) is 8.85. The van der Waals surface area contributed by atoms with Gasteiger partial charge in [0.05, 0.1) is 17.1 Å². The first-order valence-corrected chi connectivity index (χ1v) is 9.65. The summed E-state index contributed by atoms with van der Waals surface area (Å²) in [5, 5.41) is 15.3. The Hall–Kier alpha value is -1.07. The van der Waals surface area contributed by atoms with E-state index in [1.165, 1.54) is 0 Å². The van der Waals surface area contributed by atoms with Gasteiger partial charge in [0.2, 0.25) is 0 Å². The molecule has 1 aromatic rings. The molecule has 1 aliphatic carbocycles. The lowest BCUT2D eigenvalue weighted by molar-refractivity contribution is -0.165. The third kappa shape index (κ3) is 2.62. The third-order valence-electron chi connectivity index (χ3n) is 6.06. The Balaban J connectivity index is 2.17. The minimum Gasteiger partial charge on any atom is -0.460 e. The molecule has 1 aromatic carbocycles. The van der Waals surface area contributed by atoms with E-state index < -0.39 is 22.2 Å². The van der Waals surface area contributed by atoms with Crippen molar-refractivity contribution >= 4 is 27.6 Å². The molecule has 3 rings (SSSR count). The molecule has 1 heterocycles. The fourth-order valence-corrected chi connectivity index (χ4v) is 5.14. The maximum Gasteiger partial charge on any atom is 0.310 e. The topological polar surface area (TPSA) is 58.6 Å². The molecule has 3 atom stereocenters. The van der Waals surface area contributed by atoms with Crippen LogP contribution in [0.25, 0.3) is 0 Å². The molecule has 0 spiro atoms. The summed E-state index contributed by atoms with van der Waals surface area (Å²) in [4.78, 5) is 13.0. The molecule has 25 heavy (non-hydrogen) atoms. The van der Waals surface area contributed by atoms with E-state index in [0.717, 1.165) is 15.7 Å². The largest absolute Gasteiger partial charge is 0.460 e. The highest BCUT2D eigenvalue weighted by molar-refractivity contribution is 9.10. The summed E-state index contributed by atoms with van der Waals surface area (Å²) in [7, 11) is 0. The summed E-state index contributed by atoms with van der Waals surface area (Å²) in [6, 6.07) is 6.01. The van der Waals surface area contributed by atoms with Gasteiger partial charge >= 0.3 is 5.97 Å². The Morgan fingerprint density at radius 1 is 1.32 bits per heavy atom. The standard InChI is InChI=1S/C20H28BrNO3/c1-17(2,3)25-16(23)13-9-10-20(24)18(4,5)22-15-8-7-12(21)11-14(15)19(13,20)6/h7-8,11,13,22,24H,9-10H2,1-6H3. The number of aliphatic hydroxyl groups is 1. The maximum absolute atomic E-state index is 13.0. The van der Waals surface area contributed by atoms with Crippen LogP contribution in [0, 0.1) is 5.92 Å². The number of rotatable bonds is 1. The predicted molar refractivity (Wildman–Crippen MR) is 103 cm³/mol. The number of fused-ring (bicyclic) bond motifs is 3.